The van der Waals surface area contributed by atoms with Crippen molar-refractivity contribution in [2.75, 3.05) is 39.5 Å². The van der Waals surface area contributed by atoms with Crippen LogP contribution in [0.3, 0.4) is 0 Å². The van der Waals surface area contributed by atoms with Crippen LogP contribution in [0.1, 0.15) is 42.0 Å². The lowest BCUT2D eigenvalue weighted by molar-refractivity contribution is 0.103. The molecule has 0 bridgehead atoms. The largest absolute Gasteiger partial charge is 0.492 e. The van der Waals surface area contributed by atoms with Gasteiger partial charge in [-0.1, -0.05) is 65.1 Å². The van der Waals surface area contributed by atoms with Crippen LogP contribution in [-0.4, -0.2) is 71.3 Å². The smallest absolute Gasteiger partial charge is 0.142 e. The normalized spacial score (nSPS) is 14.7. The minimum atomic E-state index is -0.985. The van der Waals surface area contributed by atoms with Gasteiger partial charge >= 0.3 is 0 Å². The first-order chi connectivity index (χ1) is 25.0. The minimum Gasteiger partial charge on any atom is -0.492 e. The van der Waals surface area contributed by atoms with E-state index in [-0.39, 0.29) is 55.4 Å². The Labute approximate surface area is 318 Å². The third kappa shape index (κ3) is 10.1. The van der Waals surface area contributed by atoms with E-state index in [1.807, 2.05) is 42.5 Å². The Kier molecular flexibility index (Phi) is 14.0. The summed E-state index contributed by atoms with van der Waals surface area (Å²) < 4.78 is 32.8. The van der Waals surface area contributed by atoms with Gasteiger partial charge in [0.1, 0.15) is 36.3 Å². The monoisotopic (exact) mass is 771 g/mol. The molecule has 9 nitrogen and oxygen atoms in total. The third-order valence-electron chi connectivity index (χ3n) is 8.92. The average molecular weight is 773 g/mol. The Hall–Kier alpha value is -3.63. The summed E-state index contributed by atoms with van der Waals surface area (Å²) in [5.74, 6) is 0.609. The Morgan fingerprint density at radius 1 is 0.885 bits per heavy atom. The van der Waals surface area contributed by atoms with Crippen molar-refractivity contribution in [1.82, 2.24) is 10.2 Å². The van der Waals surface area contributed by atoms with Crippen LogP contribution in [-0.2, 0) is 19.8 Å². The molecule has 5 rings (SSSR count). The summed E-state index contributed by atoms with van der Waals surface area (Å²) in [5.41, 5.74) is 2.11. The predicted molar refractivity (Wildman–Crippen MR) is 200 cm³/mol. The molecule has 0 saturated carbocycles. The van der Waals surface area contributed by atoms with Gasteiger partial charge in [-0.3, -0.25) is 0 Å². The van der Waals surface area contributed by atoms with E-state index >= 15 is 0 Å². The Bertz CT molecular complexity index is 1890. The summed E-state index contributed by atoms with van der Waals surface area (Å²) >= 11 is 20.5. The molecular formula is C39H41Cl3FN3O6. The van der Waals surface area contributed by atoms with Gasteiger partial charge in [-0.25, -0.2) is 4.39 Å². The van der Waals surface area contributed by atoms with Crippen LogP contribution < -0.4 is 19.5 Å². The Morgan fingerprint density at radius 2 is 1.60 bits per heavy atom. The van der Waals surface area contributed by atoms with Crippen LogP contribution in [0.2, 0.25) is 15.1 Å². The Balaban J connectivity index is 1.32. The summed E-state index contributed by atoms with van der Waals surface area (Å²) in [6, 6.07) is 20.3. The molecule has 276 valence electrons. The molecule has 0 spiro atoms. The van der Waals surface area contributed by atoms with Crippen molar-refractivity contribution in [3.63, 3.8) is 0 Å². The molecule has 1 unspecified atom stereocenters. The highest BCUT2D eigenvalue weighted by atomic mass is 35.5. The summed E-state index contributed by atoms with van der Waals surface area (Å²) in [6.07, 6.45) is 1.34. The number of aliphatic hydroxyl groups excluding tert-OH is 3. The number of aliphatic hydroxyl groups is 3. The number of ether oxygens (including phenoxy) is 3. The van der Waals surface area contributed by atoms with Crippen molar-refractivity contribution in [2.24, 2.45) is 0 Å². The van der Waals surface area contributed by atoms with Crippen molar-refractivity contribution in [3.05, 3.63) is 110 Å². The van der Waals surface area contributed by atoms with Crippen LogP contribution >= 0.6 is 34.8 Å². The summed E-state index contributed by atoms with van der Waals surface area (Å²) in [5, 5.41) is 42.8. The van der Waals surface area contributed by atoms with Crippen LogP contribution in [0.15, 0.2) is 66.7 Å². The maximum Gasteiger partial charge on any atom is 0.142 e. The van der Waals surface area contributed by atoms with E-state index in [1.165, 1.54) is 18.2 Å². The van der Waals surface area contributed by atoms with Crippen LogP contribution in [0.25, 0.3) is 11.1 Å². The summed E-state index contributed by atoms with van der Waals surface area (Å²) in [7, 11) is 0. The molecule has 4 N–H and O–H groups in total. The molecule has 13 heteroatoms. The fourth-order valence-electron chi connectivity index (χ4n) is 5.71. The average Bonchev–Trinajstić information content (AvgIpc) is 3.57. The molecule has 4 aromatic carbocycles. The van der Waals surface area contributed by atoms with Gasteiger partial charge < -0.3 is 39.7 Å². The number of hydrogen-bond acceptors (Lipinski definition) is 9. The van der Waals surface area contributed by atoms with E-state index in [9.17, 15) is 25.0 Å². The fraction of sp³-hybridized carbons (Fsp3) is 0.359. The molecule has 1 aliphatic heterocycles. The van der Waals surface area contributed by atoms with Crippen molar-refractivity contribution in [2.45, 2.75) is 51.2 Å². The zero-order valence-corrected chi connectivity index (χ0v) is 30.9. The number of rotatable bonds is 17. The second-order valence-corrected chi connectivity index (χ2v) is 14.1. The molecule has 1 fully saturated rings. The molecule has 1 heterocycles. The molecule has 1 aliphatic rings. The number of β-amino-alcohol motifs (C(OH)–C–C–N with tert-alkyl or cyclic N) is 1. The number of benzene rings is 4. The van der Waals surface area contributed by atoms with Gasteiger partial charge in [-0.2, -0.15) is 5.26 Å². The van der Waals surface area contributed by atoms with Gasteiger partial charge in [-0.05, 0) is 50.1 Å². The maximum atomic E-state index is 14.6. The fourth-order valence-corrected chi connectivity index (χ4v) is 6.52. The van der Waals surface area contributed by atoms with Crippen LogP contribution in [0, 0.1) is 17.1 Å². The lowest BCUT2D eigenvalue weighted by Gasteiger charge is -2.27. The Morgan fingerprint density at radius 3 is 2.31 bits per heavy atom. The lowest BCUT2D eigenvalue weighted by Crippen LogP contribution is -2.48. The van der Waals surface area contributed by atoms with E-state index in [2.05, 4.69) is 10.2 Å². The number of nitrogens with one attached hydrogen (secondary N) is 1. The third-order valence-corrected chi connectivity index (χ3v) is 10.0. The molecule has 0 radical (unpaired) electrons. The van der Waals surface area contributed by atoms with E-state index in [0.717, 1.165) is 25.9 Å². The predicted octanol–water partition coefficient (Wildman–Crippen LogP) is 7.15. The van der Waals surface area contributed by atoms with E-state index < -0.39 is 11.4 Å². The van der Waals surface area contributed by atoms with Crippen molar-refractivity contribution in [1.29, 1.82) is 5.26 Å². The molecule has 4 aromatic rings. The van der Waals surface area contributed by atoms with Crippen molar-refractivity contribution >= 4 is 34.8 Å². The number of nitrogens with zero attached hydrogens (tertiary/aromatic N) is 2. The van der Waals surface area contributed by atoms with Crippen molar-refractivity contribution < 1.29 is 33.9 Å². The molecule has 1 saturated heterocycles. The highest BCUT2D eigenvalue weighted by Gasteiger charge is 2.23. The van der Waals surface area contributed by atoms with Gasteiger partial charge in [-0.15, -0.1) is 0 Å². The topological polar surface area (TPSA) is 127 Å². The highest BCUT2D eigenvalue weighted by molar-refractivity contribution is 6.37. The second kappa shape index (κ2) is 18.4. The first kappa shape index (κ1) is 39.6. The molecule has 0 amide bonds. The number of halogens is 4. The number of likely N-dealkylation sites (tertiary alicyclic amines) is 1. The molecule has 52 heavy (non-hydrogen) atoms. The standard InChI is InChI=1S/C39H41Cl3FN3O6/c1-39(23-47,24-48)45-19-27-16-32(40)36(17-35(27)51-22-28-15-25(18-44)9-10-33(28)43)52-21-26-5-2-6-30(37(26)41)31-7-3-8-34(38(31)42)50-14-4-12-46-13-11-29(49)20-46/h2-3,5-10,15-17,29,45,47-49H,4,11-14,19-24H2,1H3. The maximum absolute atomic E-state index is 14.6. The summed E-state index contributed by atoms with van der Waals surface area (Å²) in [4.78, 5) is 2.22. The van der Waals surface area contributed by atoms with Crippen molar-refractivity contribution in [3.8, 4) is 34.4 Å². The van der Waals surface area contributed by atoms with Gasteiger partial charge in [0.15, 0.2) is 0 Å². The number of nitriles is 1. The molecule has 1 atom stereocenters. The quantitative estimate of drug-likeness (QED) is 0.0828. The molecular weight excluding hydrogens is 732 g/mol. The van der Waals surface area contributed by atoms with E-state index in [0.29, 0.717) is 62.5 Å². The van der Waals surface area contributed by atoms with Gasteiger partial charge in [0.05, 0.1) is 58.2 Å². The lowest BCUT2D eigenvalue weighted by atomic mass is 10.0. The van der Waals surface area contributed by atoms with Gasteiger partial charge in [0.2, 0.25) is 0 Å². The zero-order valence-electron chi connectivity index (χ0n) is 28.7. The first-order valence-electron chi connectivity index (χ1n) is 16.9. The minimum absolute atomic E-state index is 0.0361. The first-order valence-corrected chi connectivity index (χ1v) is 18.0. The van der Waals surface area contributed by atoms with Crippen LogP contribution in [0.5, 0.6) is 17.2 Å². The second-order valence-electron chi connectivity index (χ2n) is 13.0. The van der Waals surface area contributed by atoms with E-state index in [1.54, 1.807) is 19.1 Å². The van der Waals surface area contributed by atoms with Crippen LogP contribution in [0.4, 0.5) is 4.39 Å². The highest BCUT2D eigenvalue weighted by Crippen LogP contribution is 2.40. The zero-order chi connectivity index (χ0) is 37.3. The SMILES string of the molecule is CC(CO)(CO)NCc1cc(Cl)c(OCc2cccc(-c3cccc(OCCCN4CCC(O)C4)c3Cl)c2Cl)cc1OCc1cc(C#N)ccc1F. The molecule has 0 aliphatic carbocycles. The van der Waals surface area contributed by atoms with Gasteiger partial charge in [0, 0.05) is 60.1 Å². The van der Waals surface area contributed by atoms with E-state index in [4.69, 9.17) is 49.0 Å². The molecule has 0 aromatic heterocycles. The summed E-state index contributed by atoms with van der Waals surface area (Å²) in [6.45, 7) is 3.89. The number of hydrogen-bond donors (Lipinski definition) is 4. The van der Waals surface area contributed by atoms with Gasteiger partial charge in [0.25, 0.3) is 0 Å².